The van der Waals surface area contributed by atoms with Crippen LogP contribution in [-0.4, -0.2) is 0 Å². The summed E-state index contributed by atoms with van der Waals surface area (Å²) in [5.74, 6) is 2.28. The molecule has 4 aromatic carbocycles. The van der Waals surface area contributed by atoms with Crippen molar-refractivity contribution in [2.45, 2.75) is 65.2 Å². The van der Waals surface area contributed by atoms with Gasteiger partial charge in [-0.15, -0.1) is 0 Å². The van der Waals surface area contributed by atoms with E-state index in [1.54, 1.807) is 0 Å². The van der Waals surface area contributed by atoms with Gasteiger partial charge in [0.2, 0.25) is 0 Å². The van der Waals surface area contributed by atoms with Crippen molar-refractivity contribution >= 4 is 10.8 Å². The zero-order chi connectivity index (χ0) is 23.9. The Bertz CT molecular complexity index is 1070. The Morgan fingerprint density at radius 1 is 0.471 bits per heavy atom. The van der Waals surface area contributed by atoms with E-state index in [2.05, 4.69) is 125 Å². The van der Waals surface area contributed by atoms with Crippen LogP contribution in [0.1, 0.15) is 87.5 Å². The first-order valence-corrected chi connectivity index (χ1v) is 13.2. The van der Waals surface area contributed by atoms with E-state index in [0.29, 0.717) is 23.7 Å². The van der Waals surface area contributed by atoms with Gasteiger partial charge in [-0.05, 0) is 57.7 Å². The third-order valence-electron chi connectivity index (χ3n) is 7.77. The maximum Gasteiger partial charge on any atom is 0.00920 e. The van der Waals surface area contributed by atoms with Crippen molar-refractivity contribution in [1.29, 1.82) is 0 Å². The van der Waals surface area contributed by atoms with Gasteiger partial charge < -0.3 is 0 Å². The second kappa shape index (κ2) is 11.5. The molecule has 0 spiro atoms. The zero-order valence-corrected chi connectivity index (χ0v) is 21.4. The van der Waals surface area contributed by atoms with Gasteiger partial charge in [0.1, 0.15) is 0 Å². The van der Waals surface area contributed by atoms with E-state index in [9.17, 15) is 0 Å². The van der Waals surface area contributed by atoms with Crippen LogP contribution in [-0.2, 0) is 0 Å². The van der Waals surface area contributed by atoms with Gasteiger partial charge >= 0.3 is 0 Å². The Balaban J connectivity index is 1.75. The lowest BCUT2D eigenvalue weighted by atomic mass is 9.81. The van der Waals surface area contributed by atoms with Crippen LogP contribution in [0.5, 0.6) is 0 Å². The van der Waals surface area contributed by atoms with Crippen molar-refractivity contribution in [3.8, 4) is 0 Å². The lowest BCUT2D eigenvalue weighted by molar-refractivity contribution is 0.484. The SMILES string of the molecule is CCC(C)CC(c1ccccc1)c1ccc2ccc(C(CC(C)CC)c3ccccc3)cc2c1. The summed E-state index contributed by atoms with van der Waals surface area (Å²) in [6.07, 6.45) is 4.81. The Kier molecular flexibility index (Phi) is 8.22. The molecule has 0 amide bonds. The minimum atomic E-state index is 0.439. The fourth-order valence-electron chi connectivity index (χ4n) is 5.16. The van der Waals surface area contributed by atoms with Gasteiger partial charge in [-0.25, -0.2) is 0 Å². The molecular formula is C34H40. The van der Waals surface area contributed by atoms with Crippen molar-refractivity contribution in [2.75, 3.05) is 0 Å². The molecule has 0 aliphatic rings. The van der Waals surface area contributed by atoms with Crippen molar-refractivity contribution in [1.82, 2.24) is 0 Å². The molecule has 0 radical (unpaired) electrons. The quantitative estimate of drug-likeness (QED) is 0.226. The zero-order valence-electron chi connectivity index (χ0n) is 21.4. The lowest BCUT2D eigenvalue weighted by Crippen LogP contribution is -2.07. The Morgan fingerprint density at radius 2 is 0.882 bits per heavy atom. The standard InChI is InChI=1S/C34H40/c1-5-25(3)21-33(28-13-9-7-10-14-28)30-19-17-27-18-20-31(24-32(27)23-30)34(22-26(4)6-2)29-15-11-8-12-16-29/h7-20,23-26,33-34H,5-6,21-22H2,1-4H3. The van der Waals surface area contributed by atoms with Gasteiger partial charge in [-0.1, -0.05) is 138 Å². The summed E-state index contributed by atoms with van der Waals surface area (Å²) in [6.45, 7) is 9.38. The highest BCUT2D eigenvalue weighted by Gasteiger charge is 2.19. The molecule has 0 heterocycles. The summed E-state index contributed by atoms with van der Waals surface area (Å²) in [4.78, 5) is 0. The molecule has 0 saturated carbocycles. The summed E-state index contributed by atoms with van der Waals surface area (Å²) < 4.78 is 0. The van der Waals surface area contributed by atoms with Crippen LogP contribution in [0, 0.1) is 11.8 Å². The van der Waals surface area contributed by atoms with Crippen molar-refractivity contribution in [2.24, 2.45) is 11.8 Å². The maximum atomic E-state index is 2.46. The molecule has 0 nitrogen and oxygen atoms in total. The molecule has 0 aliphatic carbocycles. The normalized spacial score (nSPS) is 15.1. The number of fused-ring (bicyclic) bond motifs is 1. The topological polar surface area (TPSA) is 0 Å². The van der Waals surface area contributed by atoms with Gasteiger partial charge in [-0.2, -0.15) is 0 Å². The predicted molar refractivity (Wildman–Crippen MR) is 149 cm³/mol. The fourth-order valence-corrected chi connectivity index (χ4v) is 5.16. The van der Waals surface area contributed by atoms with Crippen LogP contribution in [0.2, 0.25) is 0 Å². The largest absolute Gasteiger partial charge is 0.0651 e. The smallest absolute Gasteiger partial charge is 0.00920 e. The molecule has 0 heteroatoms. The molecule has 4 aromatic rings. The molecule has 0 saturated heterocycles. The average molecular weight is 449 g/mol. The van der Waals surface area contributed by atoms with E-state index < -0.39 is 0 Å². The molecule has 0 aliphatic heterocycles. The third-order valence-corrected chi connectivity index (χ3v) is 7.77. The average Bonchev–Trinajstić information content (AvgIpc) is 2.90. The Morgan fingerprint density at radius 3 is 1.26 bits per heavy atom. The minimum absolute atomic E-state index is 0.439. The highest BCUT2D eigenvalue weighted by Crippen LogP contribution is 2.36. The fraction of sp³-hybridized carbons (Fsp3) is 0.353. The van der Waals surface area contributed by atoms with Crippen LogP contribution in [0.25, 0.3) is 10.8 Å². The van der Waals surface area contributed by atoms with Gasteiger partial charge in [0.05, 0.1) is 0 Å². The second-order valence-corrected chi connectivity index (χ2v) is 10.3. The highest BCUT2D eigenvalue weighted by atomic mass is 14.2. The molecule has 0 aromatic heterocycles. The summed E-state index contributed by atoms with van der Waals surface area (Å²) in [5, 5.41) is 2.70. The summed E-state index contributed by atoms with van der Waals surface area (Å²) >= 11 is 0. The van der Waals surface area contributed by atoms with Gasteiger partial charge in [-0.3, -0.25) is 0 Å². The summed E-state index contributed by atoms with van der Waals surface area (Å²) in [6, 6.07) is 36.4. The molecule has 176 valence electrons. The van der Waals surface area contributed by atoms with E-state index in [4.69, 9.17) is 0 Å². The predicted octanol–water partition coefficient (Wildman–Crippen LogP) is 9.98. The molecule has 0 N–H and O–H groups in total. The number of benzene rings is 4. The molecule has 0 bridgehead atoms. The van der Waals surface area contributed by atoms with E-state index in [0.717, 1.165) is 0 Å². The van der Waals surface area contributed by atoms with E-state index in [-0.39, 0.29) is 0 Å². The number of hydrogen-bond acceptors (Lipinski definition) is 0. The first-order valence-electron chi connectivity index (χ1n) is 13.2. The maximum absolute atomic E-state index is 2.46. The summed E-state index contributed by atoms with van der Waals surface area (Å²) in [5.41, 5.74) is 5.73. The van der Waals surface area contributed by atoms with Gasteiger partial charge in [0.15, 0.2) is 0 Å². The Hall–Kier alpha value is -2.86. The molecule has 4 atom stereocenters. The van der Waals surface area contributed by atoms with Crippen LogP contribution < -0.4 is 0 Å². The monoisotopic (exact) mass is 448 g/mol. The van der Waals surface area contributed by atoms with Crippen molar-refractivity contribution < 1.29 is 0 Å². The first kappa shape index (κ1) is 24.3. The first-order chi connectivity index (χ1) is 16.6. The van der Waals surface area contributed by atoms with Crippen LogP contribution in [0.15, 0.2) is 97.1 Å². The van der Waals surface area contributed by atoms with Gasteiger partial charge in [0, 0.05) is 11.8 Å². The van der Waals surface area contributed by atoms with Crippen LogP contribution in [0.4, 0.5) is 0 Å². The Labute approximate surface area is 207 Å². The molecule has 4 unspecified atom stereocenters. The number of hydrogen-bond donors (Lipinski definition) is 0. The van der Waals surface area contributed by atoms with E-state index in [1.807, 2.05) is 0 Å². The molecule has 0 fully saturated rings. The van der Waals surface area contributed by atoms with E-state index >= 15 is 0 Å². The van der Waals surface area contributed by atoms with Crippen LogP contribution in [0.3, 0.4) is 0 Å². The third kappa shape index (κ3) is 5.79. The lowest BCUT2D eigenvalue weighted by Gasteiger charge is -2.23. The summed E-state index contributed by atoms with van der Waals surface area (Å²) in [7, 11) is 0. The molecule has 34 heavy (non-hydrogen) atoms. The van der Waals surface area contributed by atoms with E-state index in [1.165, 1.54) is 58.7 Å². The van der Waals surface area contributed by atoms with Crippen molar-refractivity contribution in [3.05, 3.63) is 119 Å². The highest BCUT2D eigenvalue weighted by molar-refractivity contribution is 5.84. The second-order valence-electron chi connectivity index (χ2n) is 10.3. The molecular weight excluding hydrogens is 408 g/mol. The van der Waals surface area contributed by atoms with Gasteiger partial charge in [0.25, 0.3) is 0 Å². The van der Waals surface area contributed by atoms with Crippen molar-refractivity contribution in [3.63, 3.8) is 0 Å². The molecule has 4 rings (SSSR count). The van der Waals surface area contributed by atoms with Crippen LogP contribution >= 0.6 is 0 Å². The number of rotatable bonds is 10. The minimum Gasteiger partial charge on any atom is -0.0651 e.